The number of hydrogen-bond acceptors (Lipinski definition) is 2. The van der Waals surface area contributed by atoms with Crippen molar-refractivity contribution in [2.75, 3.05) is 0 Å². The molecule has 0 unspecified atom stereocenters. The Balaban J connectivity index is 3.20. The van der Waals surface area contributed by atoms with Crippen LogP contribution in [0.15, 0.2) is 16.7 Å². The van der Waals surface area contributed by atoms with Gasteiger partial charge >= 0.3 is 0 Å². The normalized spacial score (nSPS) is 9.73. The summed E-state index contributed by atoms with van der Waals surface area (Å²) in [5, 5.41) is 0.516. The first kappa shape index (κ1) is 8.68. The van der Waals surface area contributed by atoms with Gasteiger partial charge in [0.25, 0.3) is 0 Å². The van der Waals surface area contributed by atoms with Crippen LogP contribution in [0.3, 0.4) is 0 Å². The fourth-order valence-electron chi connectivity index (χ4n) is 0.674. The molecule has 4 heteroatoms. The van der Waals surface area contributed by atoms with Crippen LogP contribution in [0, 0.1) is 0 Å². The van der Waals surface area contributed by atoms with E-state index < -0.39 is 0 Å². The van der Waals surface area contributed by atoms with Gasteiger partial charge in [-0.3, -0.25) is 9.78 Å². The van der Waals surface area contributed by atoms with Crippen molar-refractivity contribution in [3.05, 3.63) is 27.5 Å². The van der Waals surface area contributed by atoms with Crippen LogP contribution in [0.4, 0.5) is 0 Å². The molecule has 0 radical (unpaired) electrons. The fraction of sp³-hybridized carbons (Fsp3) is 0.143. The molecule has 0 spiro atoms. The molecule has 0 aliphatic heterocycles. The van der Waals surface area contributed by atoms with Gasteiger partial charge in [-0.2, -0.15) is 0 Å². The van der Waals surface area contributed by atoms with Crippen molar-refractivity contribution in [2.45, 2.75) is 6.92 Å². The molecular weight excluding hydrogens is 229 g/mol. The summed E-state index contributed by atoms with van der Waals surface area (Å²) in [6.45, 7) is 1.46. The predicted molar refractivity (Wildman–Crippen MR) is 47.0 cm³/mol. The van der Waals surface area contributed by atoms with Gasteiger partial charge in [-0.05, 0) is 22.0 Å². The molecule has 0 bridgehead atoms. The standard InChI is InChI=1S/C7H5BrClNO/c1-4(11)7-6(8)2-5(9)3-10-7/h2-3H,1H3. The Morgan fingerprint density at radius 1 is 1.73 bits per heavy atom. The second-order valence-corrected chi connectivity index (χ2v) is 3.33. The molecule has 1 rings (SSSR count). The summed E-state index contributed by atoms with van der Waals surface area (Å²) in [5.41, 5.74) is 0.411. The lowest BCUT2D eigenvalue weighted by Crippen LogP contribution is -1.96. The molecule has 11 heavy (non-hydrogen) atoms. The minimum absolute atomic E-state index is 0.0754. The second kappa shape index (κ2) is 3.32. The van der Waals surface area contributed by atoms with Gasteiger partial charge in [-0.1, -0.05) is 11.6 Å². The lowest BCUT2D eigenvalue weighted by atomic mass is 10.3. The van der Waals surface area contributed by atoms with Gasteiger partial charge in [0, 0.05) is 17.6 Å². The maximum atomic E-state index is 10.8. The minimum Gasteiger partial charge on any atom is -0.293 e. The smallest absolute Gasteiger partial charge is 0.179 e. The summed E-state index contributed by atoms with van der Waals surface area (Å²) >= 11 is 8.80. The van der Waals surface area contributed by atoms with Gasteiger partial charge in [0.2, 0.25) is 0 Å². The summed E-state index contributed by atoms with van der Waals surface area (Å²) in [6, 6.07) is 1.64. The highest BCUT2D eigenvalue weighted by molar-refractivity contribution is 9.10. The van der Waals surface area contributed by atoms with Crippen molar-refractivity contribution in [3.8, 4) is 0 Å². The lowest BCUT2D eigenvalue weighted by Gasteiger charge is -1.97. The van der Waals surface area contributed by atoms with Gasteiger partial charge in [-0.15, -0.1) is 0 Å². The Kier molecular flexibility index (Phi) is 2.62. The highest BCUT2D eigenvalue weighted by Crippen LogP contribution is 2.18. The monoisotopic (exact) mass is 233 g/mol. The van der Waals surface area contributed by atoms with Crippen molar-refractivity contribution in [2.24, 2.45) is 0 Å². The van der Waals surface area contributed by atoms with Gasteiger partial charge < -0.3 is 0 Å². The number of carbonyl (C=O) groups excluding carboxylic acids is 1. The molecule has 0 aromatic carbocycles. The third-order valence-corrected chi connectivity index (χ3v) is 1.95. The van der Waals surface area contributed by atoms with E-state index in [2.05, 4.69) is 20.9 Å². The molecule has 0 saturated heterocycles. The lowest BCUT2D eigenvalue weighted by molar-refractivity contribution is 0.101. The number of nitrogens with zero attached hydrogens (tertiary/aromatic N) is 1. The fourth-order valence-corrected chi connectivity index (χ4v) is 1.59. The minimum atomic E-state index is -0.0754. The molecule has 0 aliphatic rings. The van der Waals surface area contributed by atoms with E-state index in [0.29, 0.717) is 15.2 Å². The molecule has 0 fully saturated rings. The van der Waals surface area contributed by atoms with E-state index in [4.69, 9.17) is 11.6 Å². The van der Waals surface area contributed by atoms with E-state index in [1.54, 1.807) is 6.07 Å². The first-order valence-corrected chi connectivity index (χ1v) is 4.10. The number of pyridine rings is 1. The van der Waals surface area contributed by atoms with Crippen molar-refractivity contribution >= 4 is 33.3 Å². The average molecular weight is 234 g/mol. The molecule has 1 aromatic rings. The van der Waals surface area contributed by atoms with Crippen LogP contribution < -0.4 is 0 Å². The number of hydrogen-bond donors (Lipinski definition) is 0. The topological polar surface area (TPSA) is 30.0 Å². The van der Waals surface area contributed by atoms with E-state index in [-0.39, 0.29) is 5.78 Å². The summed E-state index contributed by atoms with van der Waals surface area (Å²) in [5.74, 6) is -0.0754. The van der Waals surface area contributed by atoms with Gasteiger partial charge in [0.15, 0.2) is 5.78 Å². The van der Waals surface area contributed by atoms with Gasteiger partial charge in [-0.25, -0.2) is 0 Å². The predicted octanol–water partition coefficient (Wildman–Crippen LogP) is 2.70. The van der Waals surface area contributed by atoms with Crippen molar-refractivity contribution < 1.29 is 4.79 Å². The van der Waals surface area contributed by atoms with Crippen LogP contribution in [-0.2, 0) is 0 Å². The molecule has 1 heterocycles. The molecule has 1 aromatic heterocycles. The second-order valence-electron chi connectivity index (χ2n) is 2.04. The Labute approximate surface area is 77.7 Å². The Morgan fingerprint density at radius 2 is 2.36 bits per heavy atom. The first-order chi connectivity index (χ1) is 5.11. The highest BCUT2D eigenvalue weighted by Gasteiger charge is 2.05. The average Bonchev–Trinajstić information content (AvgIpc) is 1.85. The summed E-state index contributed by atoms with van der Waals surface area (Å²) in [4.78, 5) is 14.7. The third kappa shape index (κ3) is 2.01. The number of carbonyl (C=O) groups is 1. The summed E-state index contributed by atoms with van der Waals surface area (Å²) < 4.78 is 0.637. The Hall–Kier alpha value is -0.410. The number of rotatable bonds is 1. The van der Waals surface area contributed by atoms with Gasteiger partial charge in [0.05, 0.1) is 5.02 Å². The van der Waals surface area contributed by atoms with Crippen LogP contribution >= 0.6 is 27.5 Å². The molecule has 0 atom stereocenters. The molecule has 0 saturated carbocycles. The SMILES string of the molecule is CC(=O)c1ncc(Cl)cc1Br. The Bertz CT molecular complexity index is 300. The van der Waals surface area contributed by atoms with E-state index in [1.807, 2.05) is 0 Å². The number of aromatic nitrogens is 1. The van der Waals surface area contributed by atoms with Crippen molar-refractivity contribution in [1.29, 1.82) is 0 Å². The van der Waals surface area contributed by atoms with Crippen molar-refractivity contribution in [1.82, 2.24) is 4.98 Å². The zero-order valence-corrected chi connectivity index (χ0v) is 8.11. The summed E-state index contributed by atoms with van der Waals surface area (Å²) in [6.07, 6.45) is 1.45. The molecular formula is C7H5BrClNO. The summed E-state index contributed by atoms with van der Waals surface area (Å²) in [7, 11) is 0. The maximum absolute atomic E-state index is 10.8. The van der Waals surface area contributed by atoms with E-state index >= 15 is 0 Å². The highest BCUT2D eigenvalue weighted by atomic mass is 79.9. The Morgan fingerprint density at radius 3 is 2.82 bits per heavy atom. The van der Waals surface area contributed by atoms with Crippen LogP contribution in [0.1, 0.15) is 17.4 Å². The molecule has 2 nitrogen and oxygen atoms in total. The molecule has 58 valence electrons. The van der Waals surface area contributed by atoms with E-state index in [0.717, 1.165) is 0 Å². The quantitative estimate of drug-likeness (QED) is 0.699. The largest absolute Gasteiger partial charge is 0.293 e. The van der Waals surface area contributed by atoms with E-state index in [9.17, 15) is 4.79 Å². The zero-order chi connectivity index (χ0) is 8.43. The molecule has 0 N–H and O–H groups in total. The van der Waals surface area contributed by atoms with Crippen LogP contribution in [0.5, 0.6) is 0 Å². The van der Waals surface area contributed by atoms with Gasteiger partial charge in [0.1, 0.15) is 5.69 Å². The van der Waals surface area contributed by atoms with Crippen molar-refractivity contribution in [3.63, 3.8) is 0 Å². The molecule has 0 amide bonds. The maximum Gasteiger partial charge on any atom is 0.179 e. The number of Topliss-reactive ketones (excluding diaryl/α,β-unsaturated/α-hetero) is 1. The van der Waals surface area contributed by atoms with Crippen LogP contribution in [0.25, 0.3) is 0 Å². The third-order valence-electron chi connectivity index (χ3n) is 1.14. The molecule has 0 aliphatic carbocycles. The zero-order valence-electron chi connectivity index (χ0n) is 5.77. The van der Waals surface area contributed by atoms with Crippen LogP contribution in [0.2, 0.25) is 5.02 Å². The number of ketones is 1. The van der Waals surface area contributed by atoms with E-state index in [1.165, 1.54) is 13.1 Å². The first-order valence-electron chi connectivity index (χ1n) is 2.93. The van der Waals surface area contributed by atoms with Crippen LogP contribution in [-0.4, -0.2) is 10.8 Å². The number of halogens is 2.